The molecule has 21 heavy (non-hydrogen) atoms. The summed E-state index contributed by atoms with van der Waals surface area (Å²) in [6.07, 6.45) is 15.0. The van der Waals surface area contributed by atoms with Gasteiger partial charge in [-0.25, -0.2) is 0 Å². The number of carboxylic acids is 1. The smallest absolute Gasteiger partial charge is 0.303 e. The zero-order valence-corrected chi connectivity index (χ0v) is 16.4. The lowest BCUT2D eigenvalue weighted by Crippen LogP contribution is -1.92. The van der Waals surface area contributed by atoms with Crippen molar-refractivity contribution in [3.05, 3.63) is 0 Å². The van der Waals surface area contributed by atoms with Crippen molar-refractivity contribution < 1.29 is 9.90 Å². The zero-order chi connectivity index (χ0) is 16.2. The van der Waals surface area contributed by atoms with E-state index in [1.807, 2.05) is 0 Å². The van der Waals surface area contributed by atoms with Crippen LogP contribution >= 0.6 is 0 Å². The van der Waals surface area contributed by atoms with E-state index in [2.05, 4.69) is 20.8 Å². The Morgan fingerprint density at radius 3 is 1.52 bits per heavy atom. The topological polar surface area (TPSA) is 37.3 Å². The van der Waals surface area contributed by atoms with Gasteiger partial charge in [0.15, 0.2) is 0 Å². The molecule has 0 bridgehead atoms. The summed E-state index contributed by atoms with van der Waals surface area (Å²) in [7, 11) is 0. The number of aliphatic carboxylic acids is 1. The molecule has 0 aromatic carbocycles. The standard InChI is InChI=1S/C6H12O2.2C6H13.Al.H/c1-2-3-4-5-6(7)8;2*1-3-5-6-4-2;;/h2-5H2,1H3,(H,7,8);2*1,3-6H2,2H3;;. The van der Waals surface area contributed by atoms with Gasteiger partial charge in [0.25, 0.3) is 0 Å². The van der Waals surface area contributed by atoms with Crippen LogP contribution in [0.25, 0.3) is 0 Å². The van der Waals surface area contributed by atoms with E-state index < -0.39 is 5.97 Å². The zero-order valence-electron chi connectivity index (χ0n) is 15.0. The Balaban J connectivity index is 0. The van der Waals surface area contributed by atoms with Crippen LogP contribution in [0.3, 0.4) is 0 Å². The van der Waals surface area contributed by atoms with Crippen molar-refractivity contribution in [2.24, 2.45) is 0 Å². The highest BCUT2D eigenvalue weighted by Crippen LogP contribution is 2.07. The molecular weight excluding hydrogens is 275 g/mol. The number of carboxylic acid groups (broad SMARTS) is 1. The highest BCUT2D eigenvalue weighted by Gasteiger charge is 1.94. The van der Waals surface area contributed by atoms with Crippen molar-refractivity contribution in [2.45, 2.75) is 108 Å². The van der Waals surface area contributed by atoms with Gasteiger partial charge in [0, 0.05) is 6.42 Å². The Hall–Kier alpha value is 0.00247. The minimum Gasteiger partial charge on any atom is -0.481 e. The van der Waals surface area contributed by atoms with Crippen LogP contribution in [0.15, 0.2) is 0 Å². The molecular formula is C18H39AlO2. The SMILES string of the molecule is CCCCCC(=O)O.CCCCC[CH2][AlH][CH2]CCCCC. The van der Waals surface area contributed by atoms with E-state index in [0.717, 1.165) is 19.3 Å². The van der Waals surface area contributed by atoms with Crippen molar-refractivity contribution in [1.82, 2.24) is 0 Å². The summed E-state index contributed by atoms with van der Waals surface area (Å²) in [5.74, 6) is -0.682. The van der Waals surface area contributed by atoms with E-state index in [9.17, 15) is 4.79 Å². The van der Waals surface area contributed by atoms with Gasteiger partial charge in [0.1, 0.15) is 0 Å². The number of rotatable bonds is 14. The van der Waals surface area contributed by atoms with Gasteiger partial charge in [0.2, 0.25) is 15.2 Å². The average Bonchev–Trinajstić information content (AvgIpc) is 2.46. The van der Waals surface area contributed by atoms with E-state index in [4.69, 9.17) is 5.11 Å². The third kappa shape index (κ3) is 28.8. The van der Waals surface area contributed by atoms with Gasteiger partial charge in [0.05, 0.1) is 0 Å². The van der Waals surface area contributed by atoms with Gasteiger partial charge in [-0.05, 0) is 6.42 Å². The van der Waals surface area contributed by atoms with E-state index >= 15 is 0 Å². The molecule has 0 spiro atoms. The molecule has 3 heteroatoms. The largest absolute Gasteiger partial charge is 0.481 e. The number of carbonyl (C=O) groups is 1. The first kappa shape index (κ1) is 23.3. The molecule has 0 saturated heterocycles. The van der Waals surface area contributed by atoms with Crippen molar-refractivity contribution in [3.8, 4) is 0 Å². The van der Waals surface area contributed by atoms with Crippen LogP contribution in [0.1, 0.15) is 97.8 Å². The Kier molecular flexibility index (Phi) is 24.7. The van der Waals surface area contributed by atoms with E-state index in [-0.39, 0.29) is 0 Å². The van der Waals surface area contributed by atoms with Crippen LogP contribution in [0, 0.1) is 0 Å². The fourth-order valence-electron chi connectivity index (χ4n) is 2.26. The Morgan fingerprint density at radius 2 is 1.14 bits per heavy atom. The minimum atomic E-state index is -0.682. The summed E-state index contributed by atoms with van der Waals surface area (Å²) in [6, 6.07) is 0. The first-order chi connectivity index (χ1) is 10.2. The normalized spacial score (nSPS) is 9.86. The molecule has 0 aliphatic heterocycles. The van der Waals surface area contributed by atoms with Gasteiger partial charge in [-0.3, -0.25) is 4.79 Å². The second kappa shape index (κ2) is 22.3. The summed E-state index contributed by atoms with van der Waals surface area (Å²) >= 11 is 0.355. The molecule has 0 rings (SSSR count). The van der Waals surface area contributed by atoms with Gasteiger partial charge >= 0.3 is 5.97 Å². The predicted molar refractivity (Wildman–Crippen MR) is 96.8 cm³/mol. The molecule has 0 saturated carbocycles. The summed E-state index contributed by atoms with van der Waals surface area (Å²) in [4.78, 5) is 9.87. The highest BCUT2D eigenvalue weighted by atomic mass is 27.1. The van der Waals surface area contributed by atoms with Crippen LogP contribution in [-0.2, 0) is 4.79 Å². The maximum Gasteiger partial charge on any atom is 0.303 e. The third-order valence-electron chi connectivity index (χ3n) is 3.70. The van der Waals surface area contributed by atoms with E-state index in [1.165, 1.54) is 51.4 Å². The van der Waals surface area contributed by atoms with Gasteiger partial charge < -0.3 is 5.11 Å². The molecule has 0 heterocycles. The van der Waals surface area contributed by atoms with Crippen LogP contribution in [-0.4, -0.2) is 26.3 Å². The molecule has 0 unspecified atom stereocenters. The Morgan fingerprint density at radius 1 is 0.714 bits per heavy atom. The molecule has 0 aromatic heterocycles. The Bertz CT molecular complexity index is 186. The molecule has 0 radical (unpaired) electrons. The van der Waals surface area contributed by atoms with Crippen LogP contribution in [0.2, 0.25) is 10.6 Å². The average molecular weight is 314 g/mol. The molecule has 0 aromatic rings. The second-order valence-corrected chi connectivity index (χ2v) is 8.15. The second-order valence-electron chi connectivity index (χ2n) is 6.03. The summed E-state index contributed by atoms with van der Waals surface area (Å²) in [5, 5.41) is 11.4. The van der Waals surface area contributed by atoms with Crippen molar-refractivity contribution >= 4 is 21.2 Å². The number of hydrogen-bond donors (Lipinski definition) is 1. The van der Waals surface area contributed by atoms with Gasteiger partial charge in [-0.15, -0.1) is 0 Å². The summed E-state index contributed by atoms with van der Waals surface area (Å²) in [6.45, 7) is 6.65. The predicted octanol–water partition coefficient (Wildman–Crippen LogP) is 6.07. The minimum absolute atomic E-state index is 0.327. The van der Waals surface area contributed by atoms with E-state index in [1.54, 1.807) is 10.6 Å². The van der Waals surface area contributed by atoms with E-state index in [0.29, 0.717) is 21.6 Å². The summed E-state index contributed by atoms with van der Waals surface area (Å²) < 4.78 is 0. The van der Waals surface area contributed by atoms with Crippen LogP contribution < -0.4 is 0 Å². The third-order valence-corrected chi connectivity index (χ3v) is 5.70. The molecule has 1 N–H and O–H groups in total. The monoisotopic (exact) mass is 314 g/mol. The number of hydrogen-bond acceptors (Lipinski definition) is 1. The summed E-state index contributed by atoms with van der Waals surface area (Å²) in [5.41, 5.74) is 0. The van der Waals surface area contributed by atoms with Crippen molar-refractivity contribution in [2.75, 3.05) is 0 Å². The first-order valence-corrected chi connectivity index (χ1v) is 11.4. The highest BCUT2D eigenvalue weighted by molar-refractivity contribution is 6.35. The number of unbranched alkanes of at least 4 members (excludes halogenated alkanes) is 8. The fourth-order valence-corrected chi connectivity index (χ4v) is 4.03. The molecule has 0 aliphatic carbocycles. The fraction of sp³-hybridized carbons (Fsp3) is 0.944. The maximum absolute atomic E-state index is 9.87. The molecule has 0 fully saturated rings. The molecule has 0 amide bonds. The molecule has 126 valence electrons. The van der Waals surface area contributed by atoms with Crippen LogP contribution in [0.4, 0.5) is 0 Å². The van der Waals surface area contributed by atoms with Crippen LogP contribution in [0.5, 0.6) is 0 Å². The van der Waals surface area contributed by atoms with Crippen molar-refractivity contribution in [1.29, 1.82) is 0 Å². The van der Waals surface area contributed by atoms with Gasteiger partial charge in [-0.2, -0.15) is 0 Å². The van der Waals surface area contributed by atoms with Crippen molar-refractivity contribution in [3.63, 3.8) is 0 Å². The van der Waals surface area contributed by atoms with Gasteiger partial charge in [-0.1, -0.05) is 95.5 Å². The quantitative estimate of drug-likeness (QED) is 0.312. The maximum atomic E-state index is 9.87. The Labute approximate surface area is 139 Å². The first-order valence-electron chi connectivity index (χ1n) is 9.40. The molecule has 0 aliphatic rings. The lowest BCUT2D eigenvalue weighted by Gasteiger charge is -1.98. The molecule has 2 nitrogen and oxygen atoms in total. The molecule has 0 atom stereocenters. The lowest BCUT2D eigenvalue weighted by molar-refractivity contribution is -0.137. The lowest BCUT2D eigenvalue weighted by atomic mass is 10.2.